The monoisotopic (exact) mass is 377 g/mol. The number of imidazole rings is 1. The van der Waals surface area contributed by atoms with E-state index in [1.165, 1.54) is 6.07 Å². The number of nitrogens with zero attached hydrogens (tertiary/aromatic N) is 3. The second kappa shape index (κ2) is 6.88. The standard InChI is InChI=1S/C19H12FN5O3/c20-13-9-11(5-7-16(13)25(27)28)18-22-14-6-4-12(10-15(14)23-18)19(26)24-17-3-1-2-8-21-17/h1-10H,(H,22,23)(H,21,24,26). The molecule has 0 radical (unpaired) electrons. The average molecular weight is 377 g/mol. The predicted molar refractivity (Wildman–Crippen MR) is 100 cm³/mol. The lowest BCUT2D eigenvalue weighted by molar-refractivity contribution is -0.387. The van der Waals surface area contributed by atoms with Crippen LogP contribution < -0.4 is 5.32 Å². The third-order valence-electron chi connectivity index (χ3n) is 4.07. The molecule has 138 valence electrons. The Morgan fingerprint density at radius 2 is 2.00 bits per heavy atom. The van der Waals surface area contributed by atoms with E-state index < -0.39 is 16.4 Å². The highest BCUT2D eigenvalue weighted by Crippen LogP contribution is 2.26. The van der Waals surface area contributed by atoms with Gasteiger partial charge in [0.15, 0.2) is 0 Å². The molecule has 0 fully saturated rings. The van der Waals surface area contributed by atoms with Crippen molar-refractivity contribution in [2.45, 2.75) is 0 Å². The number of carbonyl (C=O) groups is 1. The molecule has 0 saturated heterocycles. The molecule has 0 aliphatic carbocycles. The van der Waals surface area contributed by atoms with Crippen molar-refractivity contribution < 1.29 is 14.1 Å². The molecular formula is C19H12FN5O3. The van der Waals surface area contributed by atoms with Crippen LogP contribution in [0.25, 0.3) is 22.4 Å². The maximum absolute atomic E-state index is 13.9. The molecule has 0 aliphatic rings. The van der Waals surface area contributed by atoms with Crippen LogP contribution in [0.15, 0.2) is 60.8 Å². The number of nitro groups is 1. The van der Waals surface area contributed by atoms with Crippen LogP contribution in [0, 0.1) is 15.9 Å². The number of hydrogen-bond donors (Lipinski definition) is 2. The predicted octanol–water partition coefficient (Wildman–Crippen LogP) is 3.92. The number of nitrogens with one attached hydrogen (secondary N) is 2. The minimum atomic E-state index is -0.946. The van der Waals surface area contributed by atoms with Gasteiger partial charge in [0, 0.05) is 23.4 Å². The number of benzene rings is 2. The van der Waals surface area contributed by atoms with Crippen molar-refractivity contribution in [1.82, 2.24) is 15.0 Å². The van der Waals surface area contributed by atoms with E-state index in [-0.39, 0.29) is 5.91 Å². The van der Waals surface area contributed by atoms with E-state index in [0.29, 0.717) is 33.8 Å². The van der Waals surface area contributed by atoms with Crippen molar-refractivity contribution in [2.75, 3.05) is 5.32 Å². The second-order valence-corrected chi connectivity index (χ2v) is 5.91. The van der Waals surface area contributed by atoms with Crippen LogP contribution in [-0.4, -0.2) is 25.8 Å². The summed E-state index contributed by atoms with van der Waals surface area (Å²) in [4.78, 5) is 33.7. The Morgan fingerprint density at radius 1 is 1.14 bits per heavy atom. The molecule has 2 aromatic carbocycles. The first-order valence-corrected chi connectivity index (χ1v) is 8.18. The van der Waals surface area contributed by atoms with Gasteiger partial charge in [-0.25, -0.2) is 9.97 Å². The SMILES string of the molecule is O=C(Nc1ccccn1)c1ccc2nc(-c3ccc([N+](=O)[O-])c(F)c3)[nH]c2c1. The lowest BCUT2D eigenvalue weighted by atomic mass is 10.2. The van der Waals surface area contributed by atoms with Crippen LogP contribution in [0.4, 0.5) is 15.9 Å². The summed E-state index contributed by atoms with van der Waals surface area (Å²) < 4.78 is 13.9. The van der Waals surface area contributed by atoms with Crippen LogP contribution in [0.2, 0.25) is 0 Å². The Labute approximate surface area is 157 Å². The lowest BCUT2D eigenvalue weighted by Gasteiger charge is -2.03. The third-order valence-corrected chi connectivity index (χ3v) is 4.07. The van der Waals surface area contributed by atoms with Crippen molar-refractivity contribution in [3.05, 3.63) is 82.3 Å². The van der Waals surface area contributed by atoms with Gasteiger partial charge in [0.1, 0.15) is 11.6 Å². The summed E-state index contributed by atoms with van der Waals surface area (Å²) in [7, 11) is 0. The molecule has 4 rings (SSSR count). The van der Waals surface area contributed by atoms with Gasteiger partial charge in [-0.05, 0) is 42.5 Å². The topological polar surface area (TPSA) is 114 Å². The van der Waals surface area contributed by atoms with Gasteiger partial charge in [-0.15, -0.1) is 0 Å². The molecule has 0 atom stereocenters. The van der Waals surface area contributed by atoms with Gasteiger partial charge in [0.05, 0.1) is 16.0 Å². The number of nitro benzene ring substituents is 1. The maximum Gasteiger partial charge on any atom is 0.304 e. The molecule has 0 bridgehead atoms. The number of aromatic nitrogens is 3. The van der Waals surface area contributed by atoms with Crippen molar-refractivity contribution in [3.8, 4) is 11.4 Å². The van der Waals surface area contributed by atoms with Crippen LogP contribution >= 0.6 is 0 Å². The van der Waals surface area contributed by atoms with Gasteiger partial charge in [-0.1, -0.05) is 6.07 Å². The summed E-state index contributed by atoms with van der Waals surface area (Å²) in [5.41, 5.74) is 1.29. The Balaban J connectivity index is 1.64. The molecule has 0 saturated carbocycles. The fourth-order valence-corrected chi connectivity index (χ4v) is 2.72. The van der Waals surface area contributed by atoms with Gasteiger partial charge in [0.25, 0.3) is 5.91 Å². The molecule has 2 N–H and O–H groups in total. The summed E-state index contributed by atoms with van der Waals surface area (Å²) in [5, 5.41) is 13.4. The Kier molecular flexibility index (Phi) is 4.24. The van der Waals surface area contributed by atoms with E-state index in [9.17, 15) is 19.3 Å². The van der Waals surface area contributed by atoms with Gasteiger partial charge >= 0.3 is 5.69 Å². The summed E-state index contributed by atoms with van der Waals surface area (Å²) in [5.74, 6) is -0.512. The quantitative estimate of drug-likeness (QED) is 0.413. The normalized spacial score (nSPS) is 10.8. The molecule has 9 heteroatoms. The van der Waals surface area contributed by atoms with Crippen LogP contribution in [0.5, 0.6) is 0 Å². The largest absolute Gasteiger partial charge is 0.338 e. The highest BCUT2D eigenvalue weighted by Gasteiger charge is 2.16. The van der Waals surface area contributed by atoms with Gasteiger partial charge in [-0.2, -0.15) is 4.39 Å². The zero-order valence-electron chi connectivity index (χ0n) is 14.2. The van der Waals surface area contributed by atoms with E-state index in [2.05, 4.69) is 20.3 Å². The number of hydrogen-bond acceptors (Lipinski definition) is 5. The molecule has 4 aromatic rings. The van der Waals surface area contributed by atoms with Crippen LogP contribution in [-0.2, 0) is 0 Å². The second-order valence-electron chi connectivity index (χ2n) is 5.91. The number of fused-ring (bicyclic) bond motifs is 1. The average Bonchev–Trinajstić information content (AvgIpc) is 3.11. The highest BCUT2D eigenvalue weighted by molar-refractivity contribution is 6.05. The summed E-state index contributed by atoms with van der Waals surface area (Å²) >= 11 is 0. The molecule has 2 heterocycles. The van der Waals surface area contributed by atoms with E-state index in [1.807, 2.05) is 0 Å². The van der Waals surface area contributed by atoms with Gasteiger partial charge in [0.2, 0.25) is 5.82 Å². The van der Waals surface area contributed by atoms with E-state index in [0.717, 1.165) is 12.1 Å². The smallest absolute Gasteiger partial charge is 0.304 e. The number of aromatic amines is 1. The minimum absolute atomic E-state index is 0.335. The highest BCUT2D eigenvalue weighted by atomic mass is 19.1. The number of amides is 1. The van der Waals surface area contributed by atoms with Gasteiger partial charge < -0.3 is 10.3 Å². The molecule has 8 nitrogen and oxygen atoms in total. The van der Waals surface area contributed by atoms with Crippen molar-refractivity contribution in [3.63, 3.8) is 0 Å². The number of anilines is 1. The lowest BCUT2D eigenvalue weighted by Crippen LogP contribution is -2.12. The first-order valence-electron chi connectivity index (χ1n) is 8.18. The van der Waals surface area contributed by atoms with Crippen LogP contribution in [0.3, 0.4) is 0 Å². The number of rotatable bonds is 4. The zero-order valence-corrected chi connectivity index (χ0v) is 14.2. The number of H-pyrrole nitrogens is 1. The molecule has 0 unspecified atom stereocenters. The number of carbonyl (C=O) groups excluding carboxylic acids is 1. The molecule has 28 heavy (non-hydrogen) atoms. The van der Waals surface area contributed by atoms with Crippen molar-refractivity contribution in [2.24, 2.45) is 0 Å². The van der Waals surface area contributed by atoms with E-state index >= 15 is 0 Å². The van der Waals surface area contributed by atoms with E-state index in [1.54, 1.807) is 42.6 Å². The number of pyridine rings is 1. The molecule has 2 aromatic heterocycles. The molecule has 0 spiro atoms. The fraction of sp³-hybridized carbons (Fsp3) is 0. The first kappa shape index (κ1) is 17.3. The Bertz CT molecular complexity index is 1210. The zero-order chi connectivity index (χ0) is 19.7. The Morgan fingerprint density at radius 3 is 2.71 bits per heavy atom. The molecule has 0 aliphatic heterocycles. The first-order chi connectivity index (χ1) is 13.5. The van der Waals surface area contributed by atoms with Gasteiger partial charge in [-0.3, -0.25) is 14.9 Å². The summed E-state index contributed by atoms with van der Waals surface area (Å²) in [6.45, 7) is 0. The van der Waals surface area contributed by atoms with Crippen molar-refractivity contribution >= 4 is 28.4 Å². The Hall–Kier alpha value is -4.14. The van der Waals surface area contributed by atoms with Crippen molar-refractivity contribution in [1.29, 1.82) is 0 Å². The van der Waals surface area contributed by atoms with Crippen LogP contribution in [0.1, 0.15) is 10.4 Å². The fourth-order valence-electron chi connectivity index (χ4n) is 2.72. The summed E-state index contributed by atoms with van der Waals surface area (Å²) in [6, 6.07) is 13.6. The molecular weight excluding hydrogens is 365 g/mol. The van der Waals surface area contributed by atoms with E-state index in [4.69, 9.17) is 0 Å². The summed E-state index contributed by atoms with van der Waals surface area (Å²) in [6.07, 6.45) is 1.57. The third kappa shape index (κ3) is 3.28. The maximum atomic E-state index is 13.9. The number of halogens is 1. The molecule has 1 amide bonds. The minimum Gasteiger partial charge on any atom is -0.338 e.